The molecule has 5 atom stereocenters. The lowest BCUT2D eigenvalue weighted by Gasteiger charge is -2.29. The van der Waals surface area contributed by atoms with Crippen LogP contribution in [0.5, 0.6) is 0 Å². The van der Waals surface area contributed by atoms with Crippen molar-refractivity contribution < 1.29 is 29.3 Å². The third-order valence-electron chi connectivity index (χ3n) is 6.04. The summed E-state index contributed by atoms with van der Waals surface area (Å²) < 4.78 is 5.13. The number of rotatable bonds is 5. The van der Waals surface area contributed by atoms with Crippen molar-refractivity contribution in [2.75, 3.05) is 0 Å². The average Bonchev–Trinajstić information content (AvgIpc) is 2.87. The van der Waals surface area contributed by atoms with Gasteiger partial charge >= 0.3 is 18.0 Å². The van der Waals surface area contributed by atoms with Crippen molar-refractivity contribution in [3.63, 3.8) is 0 Å². The maximum Gasteiger partial charge on any atom is 0.408 e. The molecule has 4 saturated carbocycles. The number of hydrogen-bond acceptors (Lipinski definition) is 4. The Morgan fingerprint density at radius 1 is 1.17 bits per heavy atom. The van der Waals surface area contributed by atoms with Gasteiger partial charge in [-0.2, -0.15) is 0 Å². The summed E-state index contributed by atoms with van der Waals surface area (Å²) in [5.74, 6) is -3.19. The van der Waals surface area contributed by atoms with Crippen molar-refractivity contribution in [1.82, 2.24) is 5.32 Å². The van der Waals surface area contributed by atoms with Crippen LogP contribution in [0.15, 0.2) is 30.3 Å². The van der Waals surface area contributed by atoms with Gasteiger partial charge in [0.25, 0.3) is 0 Å². The van der Waals surface area contributed by atoms with Crippen LogP contribution in [-0.2, 0) is 20.9 Å². The van der Waals surface area contributed by atoms with Crippen molar-refractivity contribution in [2.24, 2.45) is 23.2 Å². The first-order valence-corrected chi connectivity index (χ1v) is 7.88. The second kappa shape index (κ2) is 4.72. The Balaban J connectivity index is 1.49. The van der Waals surface area contributed by atoms with Crippen molar-refractivity contribution in [3.8, 4) is 0 Å². The molecule has 4 aliphatic rings. The summed E-state index contributed by atoms with van der Waals surface area (Å²) in [6, 6.07) is 9.05. The number of alkyl carbamates (subject to hydrolysis) is 1. The Bertz CT molecular complexity index is 734. The van der Waals surface area contributed by atoms with Gasteiger partial charge in [-0.05, 0) is 30.2 Å². The zero-order chi connectivity index (χ0) is 17.1. The molecule has 126 valence electrons. The molecule has 4 bridgehead atoms. The van der Waals surface area contributed by atoms with Gasteiger partial charge in [-0.25, -0.2) is 9.59 Å². The summed E-state index contributed by atoms with van der Waals surface area (Å²) in [7, 11) is 0. The number of carbonyl (C=O) groups is 3. The smallest absolute Gasteiger partial charge is 0.408 e. The molecule has 7 nitrogen and oxygen atoms in total. The number of carboxylic acids is 2. The van der Waals surface area contributed by atoms with Crippen molar-refractivity contribution >= 4 is 18.0 Å². The third-order valence-corrected chi connectivity index (χ3v) is 6.04. The summed E-state index contributed by atoms with van der Waals surface area (Å²) in [5, 5.41) is 21.7. The Labute approximate surface area is 137 Å². The monoisotopic (exact) mass is 331 g/mol. The van der Waals surface area contributed by atoms with Gasteiger partial charge < -0.3 is 20.3 Å². The molecule has 0 unspecified atom stereocenters. The lowest BCUT2D eigenvalue weighted by molar-refractivity contribution is -0.147. The maximum absolute atomic E-state index is 12.1. The molecule has 0 heterocycles. The van der Waals surface area contributed by atoms with E-state index >= 15 is 0 Å². The fourth-order valence-corrected chi connectivity index (χ4v) is 5.11. The standard InChI is InChI=1S/C17H17NO6/c19-13(20)16-7-10-6-11(16)12(16)17(10,14(21)22)18-15(23)24-8-9-4-2-1-3-5-9/h1-5,10-12H,6-8H2,(H,18,23)(H,19,20)(H,21,22)/t10-,11-,12-,16-,17+/m1/s1. The summed E-state index contributed by atoms with van der Waals surface area (Å²) in [5.41, 5.74) is -1.70. The predicted octanol–water partition coefficient (Wildman–Crippen LogP) is 1.48. The molecule has 7 heteroatoms. The summed E-state index contributed by atoms with van der Waals surface area (Å²) >= 11 is 0. The van der Waals surface area contributed by atoms with Crippen LogP contribution in [-0.4, -0.2) is 33.8 Å². The minimum absolute atomic E-state index is 0.0329. The molecular weight excluding hydrogens is 314 g/mol. The SMILES string of the molecule is O=C(N[C@@]1(C(=O)O)[C@@H]2C[C@@H]3[C@@H]1[C@@]3(C(=O)O)C2)OCc1ccccc1. The van der Waals surface area contributed by atoms with E-state index in [-0.39, 0.29) is 18.4 Å². The number of nitrogens with one attached hydrogen (secondary N) is 1. The van der Waals surface area contributed by atoms with E-state index in [0.717, 1.165) is 5.56 Å². The van der Waals surface area contributed by atoms with Crippen LogP contribution < -0.4 is 5.32 Å². The van der Waals surface area contributed by atoms with E-state index < -0.39 is 34.9 Å². The normalized spacial score (nSPS) is 37.8. The first-order chi connectivity index (χ1) is 11.4. The Morgan fingerprint density at radius 2 is 1.88 bits per heavy atom. The van der Waals surface area contributed by atoms with Crippen molar-refractivity contribution in [2.45, 2.75) is 25.0 Å². The van der Waals surface area contributed by atoms with E-state index in [1.54, 1.807) is 12.1 Å². The molecule has 5 rings (SSSR count). The molecule has 3 N–H and O–H groups in total. The molecule has 24 heavy (non-hydrogen) atoms. The van der Waals surface area contributed by atoms with Crippen LogP contribution in [0.3, 0.4) is 0 Å². The van der Waals surface area contributed by atoms with Gasteiger partial charge in [0.05, 0.1) is 5.41 Å². The van der Waals surface area contributed by atoms with Gasteiger partial charge in [-0.1, -0.05) is 30.3 Å². The molecule has 1 aromatic carbocycles. The number of amides is 1. The van der Waals surface area contributed by atoms with E-state index in [1.807, 2.05) is 18.2 Å². The second-order valence-electron chi connectivity index (χ2n) is 6.93. The molecular formula is C17H17NO6. The van der Waals surface area contributed by atoms with Crippen LogP contribution in [0.25, 0.3) is 0 Å². The zero-order valence-corrected chi connectivity index (χ0v) is 12.8. The molecule has 1 amide bonds. The largest absolute Gasteiger partial charge is 0.481 e. The van der Waals surface area contributed by atoms with E-state index in [4.69, 9.17) is 4.74 Å². The molecule has 0 saturated heterocycles. The summed E-state index contributed by atoms with van der Waals surface area (Å²) in [6.45, 7) is 0.0329. The zero-order valence-electron chi connectivity index (χ0n) is 12.8. The average molecular weight is 331 g/mol. The van der Waals surface area contributed by atoms with Gasteiger partial charge in [0.1, 0.15) is 12.1 Å². The van der Waals surface area contributed by atoms with Crippen LogP contribution in [0.1, 0.15) is 18.4 Å². The number of ether oxygens (including phenoxy) is 1. The fraction of sp³-hybridized carbons (Fsp3) is 0.471. The first-order valence-electron chi connectivity index (χ1n) is 7.88. The molecule has 1 aromatic rings. The number of carboxylic acid groups (broad SMARTS) is 2. The molecule has 0 radical (unpaired) electrons. The van der Waals surface area contributed by atoms with Gasteiger partial charge in [-0.15, -0.1) is 0 Å². The topological polar surface area (TPSA) is 113 Å². The lowest BCUT2D eigenvalue weighted by atomic mass is 9.88. The summed E-state index contributed by atoms with van der Waals surface area (Å²) in [6.07, 6.45) is 0.0190. The minimum Gasteiger partial charge on any atom is -0.481 e. The van der Waals surface area contributed by atoms with Crippen molar-refractivity contribution in [3.05, 3.63) is 35.9 Å². The molecule has 4 fully saturated rings. The Hall–Kier alpha value is -2.57. The Kier molecular flexibility index (Phi) is 2.95. The molecule has 0 aliphatic heterocycles. The van der Waals surface area contributed by atoms with E-state index in [2.05, 4.69) is 5.32 Å². The quantitative estimate of drug-likeness (QED) is 0.753. The predicted molar refractivity (Wildman–Crippen MR) is 79.9 cm³/mol. The number of aliphatic carboxylic acids is 2. The molecule has 0 spiro atoms. The van der Waals surface area contributed by atoms with Crippen LogP contribution >= 0.6 is 0 Å². The molecule has 0 aromatic heterocycles. The number of benzene rings is 1. The van der Waals surface area contributed by atoms with Crippen LogP contribution in [0.2, 0.25) is 0 Å². The van der Waals surface area contributed by atoms with E-state index in [0.29, 0.717) is 12.8 Å². The maximum atomic E-state index is 12.1. The molecule has 4 aliphatic carbocycles. The lowest BCUT2D eigenvalue weighted by Crippen LogP contribution is -2.57. The van der Waals surface area contributed by atoms with Crippen LogP contribution in [0, 0.1) is 23.2 Å². The highest BCUT2D eigenvalue weighted by atomic mass is 16.5. The van der Waals surface area contributed by atoms with Gasteiger partial charge in [0.15, 0.2) is 0 Å². The van der Waals surface area contributed by atoms with Crippen molar-refractivity contribution in [1.29, 1.82) is 0 Å². The fourth-order valence-electron chi connectivity index (χ4n) is 5.11. The van der Waals surface area contributed by atoms with Gasteiger partial charge in [-0.3, -0.25) is 4.79 Å². The third kappa shape index (κ3) is 1.69. The first kappa shape index (κ1) is 15.0. The van der Waals surface area contributed by atoms with E-state index in [9.17, 15) is 24.6 Å². The highest BCUT2D eigenvalue weighted by molar-refractivity contribution is 5.93. The Morgan fingerprint density at radius 3 is 2.42 bits per heavy atom. The summed E-state index contributed by atoms with van der Waals surface area (Å²) in [4.78, 5) is 35.6. The number of carbonyl (C=O) groups excluding carboxylic acids is 1. The van der Waals surface area contributed by atoms with Gasteiger partial charge in [0, 0.05) is 5.92 Å². The number of hydrogen-bond donors (Lipinski definition) is 3. The van der Waals surface area contributed by atoms with E-state index in [1.165, 1.54) is 0 Å². The van der Waals surface area contributed by atoms with Gasteiger partial charge in [0.2, 0.25) is 0 Å². The highest BCUT2D eigenvalue weighted by Gasteiger charge is 2.90. The highest BCUT2D eigenvalue weighted by Crippen LogP contribution is 2.82. The minimum atomic E-state index is -1.52. The second-order valence-corrected chi connectivity index (χ2v) is 6.93. The van der Waals surface area contributed by atoms with Crippen LogP contribution in [0.4, 0.5) is 4.79 Å².